The Kier molecular flexibility index (Phi) is 8.77. The Morgan fingerprint density at radius 1 is 1.19 bits per heavy atom. The first kappa shape index (κ1) is 25.8. The van der Waals surface area contributed by atoms with Crippen LogP contribution >= 0.6 is 0 Å². The maximum absolute atomic E-state index is 13.0. The van der Waals surface area contributed by atoms with E-state index in [1.807, 2.05) is 30.3 Å². The van der Waals surface area contributed by atoms with Crippen molar-refractivity contribution in [3.05, 3.63) is 35.9 Å². The third kappa shape index (κ3) is 8.22. The molecule has 1 aromatic carbocycles. The predicted octanol–water partition coefficient (Wildman–Crippen LogP) is 2.75. The molecule has 9 nitrogen and oxygen atoms in total. The maximum atomic E-state index is 13.0. The predicted molar refractivity (Wildman–Crippen MR) is 115 cm³/mol. The van der Waals surface area contributed by atoms with E-state index < -0.39 is 53.9 Å². The minimum Gasteiger partial charge on any atom is -0.469 e. The largest absolute Gasteiger partial charge is 0.469 e. The van der Waals surface area contributed by atoms with E-state index in [1.54, 1.807) is 34.6 Å². The number of Topliss-reactive ketones (excluding diaryl/α,β-unsaturated/α-hetero) is 1. The maximum Gasteiger partial charge on any atom is 0.408 e. The third-order valence-electron chi connectivity index (χ3n) is 4.58. The first-order chi connectivity index (χ1) is 14.9. The second kappa shape index (κ2) is 10.9. The average Bonchev–Trinajstić information content (AvgIpc) is 3.06. The molecule has 2 rings (SSSR count). The summed E-state index contributed by atoms with van der Waals surface area (Å²) in [6, 6.07) is 8.27. The highest BCUT2D eigenvalue weighted by molar-refractivity contribution is 5.98. The van der Waals surface area contributed by atoms with Crippen LogP contribution in [0.15, 0.2) is 30.3 Å². The number of ketones is 1. The molecule has 178 valence electrons. The zero-order valence-electron chi connectivity index (χ0n) is 19.5. The minimum absolute atomic E-state index is 0.0852. The van der Waals surface area contributed by atoms with Gasteiger partial charge in [0.25, 0.3) is 0 Å². The van der Waals surface area contributed by atoms with E-state index in [0.29, 0.717) is 0 Å². The number of carbonyl (C=O) groups is 3. The molecule has 9 heteroatoms. The first-order valence-electron chi connectivity index (χ1n) is 10.5. The summed E-state index contributed by atoms with van der Waals surface area (Å²) in [7, 11) is 1.20. The van der Waals surface area contributed by atoms with Gasteiger partial charge in [-0.15, -0.1) is 0 Å². The molecule has 1 aromatic rings. The number of hydrogen-bond donors (Lipinski definition) is 1. The smallest absolute Gasteiger partial charge is 0.408 e. The molecule has 1 aliphatic heterocycles. The number of carbonyl (C=O) groups excluding carboxylic acids is 3. The summed E-state index contributed by atoms with van der Waals surface area (Å²) in [4.78, 5) is 37.4. The van der Waals surface area contributed by atoms with Gasteiger partial charge in [-0.2, -0.15) is 0 Å². The number of benzene rings is 1. The highest BCUT2D eigenvalue weighted by Crippen LogP contribution is 2.27. The molecule has 1 amide bonds. The highest BCUT2D eigenvalue weighted by Gasteiger charge is 2.45. The molecule has 1 N–H and O–H groups in total. The van der Waals surface area contributed by atoms with E-state index in [4.69, 9.17) is 18.9 Å². The van der Waals surface area contributed by atoms with Crippen LogP contribution in [0.2, 0.25) is 0 Å². The Balaban J connectivity index is 2.30. The molecule has 1 heterocycles. The number of nitrogens with one attached hydrogen (secondary N) is 1. The fourth-order valence-corrected chi connectivity index (χ4v) is 3.17. The number of rotatable bonds is 9. The van der Waals surface area contributed by atoms with Gasteiger partial charge in [-0.1, -0.05) is 30.3 Å². The van der Waals surface area contributed by atoms with Crippen molar-refractivity contribution in [2.75, 3.05) is 13.7 Å². The van der Waals surface area contributed by atoms with Gasteiger partial charge in [-0.3, -0.25) is 9.59 Å². The lowest BCUT2D eigenvalue weighted by Gasteiger charge is -2.32. The van der Waals surface area contributed by atoms with E-state index in [1.165, 1.54) is 7.11 Å². The van der Waals surface area contributed by atoms with Crippen molar-refractivity contribution in [2.24, 2.45) is 0 Å². The Hall–Kier alpha value is -2.49. The van der Waals surface area contributed by atoms with Crippen molar-refractivity contribution in [2.45, 2.75) is 77.3 Å². The summed E-state index contributed by atoms with van der Waals surface area (Å²) < 4.78 is 27.5. The Bertz CT molecular complexity index is 787. The number of amides is 1. The monoisotopic (exact) mass is 451 g/mol. The summed E-state index contributed by atoms with van der Waals surface area (Å²) >= 11 is 0. The molecule has 0 radical (unpaired) electrons. The molecule has 0 saturated carbocycles. The lowest BCUT2D eigenvalue weighted by Crippen LogP contribution is -2.56. The fraction of sp³-hybridized carbons (Fsp3) is 0.609. The highest BCUT2D eigenvalue weighted by atomic mass is 16.7. The fourth-order valence-electron chi connectivity index (χ4n) is 3.17. The average molecular weight is 452 g/mol. The summed E-state index contributed by atoms with van der Waals surface area (Å²) in [5.41, 5.74) is 0.0699. The lowest BCUT2D eigenvalue weighted by atomic mass is 9.99. The van der Waals surface area contributed by atoms with Crippen LogP contribution in [0.25, 0.3) is 0 Å². The number of alkyl carbamates (subject to hydrolysis) is 1. The van der Waals surface area contributed by atoms with E-state index >= 15 is 0 Å². The molecule has 1 saturated heterocycles. The Labute approximate surface area is 188 Å². The molecular formula is C23H33NO8. The van der Waals surface area contributed by atoms with Crippen molar-refractivity contribution in [1.82, 2.24) is 5.32 Å². The van der Waals surface area contributed by atoms with Gasteiger partial charge >= 0.3 is 12.1 Å². The zero-order chi connectivity index (χ0) is 23.9. The van der Waals surface area contributed by atoms with Crippen LogP contribution in [-0.2, 0) is 39.9 Å². The van der Waals surface area contributed by atoms with Gasteiger partial charge in [0.15, 0.2) is 11.6 Å². The topological polar surface area (TPSA) is 109 Å². The van der Waals surface area contributed by atoms with E-state index in [0.717, 1.165) is 5.56 Å². The van der Waals surface area contributed by atoms with Crippen molar-refractivity contribution in [3.63, 3.8) is 0 Å². The van der Waals surface area contributed by atoms with Crippen molar-refractivity contribution in [1.29, 1.82) is 0 Å². The quantitative estimate of drug-likeness (QED) is 0.451. The molecular weight excluding hydrogens is 418 g/mol. The summed E-state index contributed by atoms with van der Waals surface area (Å²) in [5.74, 6) is -2.17. The van der Waals surface area contributed by atoms with Gasteiger partial charge < -0.3 is 29.0 Å². The van der Waals surface area contributed by atoms with Crippen LogP contribution in [0, 0.1) is 0 Å². The molecule has 3 atom stereocenters. The van der Waals surface area contributed by atoms with Crippen molar-refractivity contribution < 1.29 is 38.1 Å². The summed E-state index contributed by atoms with van der Waals surface area (Å²) in [6.07, 6.45) is -3.17. The van der Waals surface area contributed by atoms with E-state index in [-0.39, 0.29) is 13.2 Å². The normalized spacial score (nSPS) is 19.6. The van der Waals surface area contributed by atoms with Crippen LogP contribution in [0.3, 0.4) is 0 Å². The molecule has 32 heavy (non-hydrogen) atoms. The molecule has 0 aliphatic carbocycles. The number of ether oxygens (including phenoxy) is 5. The second-order valence-corrected chi connectivity index (χ2v) is 8.98. The SMILES string of the molecule is COC(=O)CC(=O)[C@H](OCc1ccccc1)[C@@H](NC(=O)OC(C)(C)C)[C@H]1COC(C)(C)O1. The van der Waals surface area contributed by atoms with Crippen LogP contribution in [0.4, 0.5) is 4.79 Å². The Morgan fingerprint density at radius 2 is 1.84 bits per heavy atom. The van der Waals surface area contributed by atoms with Crippen molar-refractivity contribution >= 4 is 17.8 Å². The van der Waals surface area contributed by atoms with Gasteiger partial charge in [0.2, 0.25) is 0 Å². The first-order valence-corrected chi connectivity index (χ1v) is 10.5. The molecule has 0 spiro atoms. The van der Waals surface area contributed by atoms with E-state index in [2.05, 4.69) is 10.1 Å². The van der Waals surface area contributed by atoms with Crippen LogP contribution in [-0.4, -0.2) is 61.2 Å². The standard InChI is InChI=1S/C23H33NO8/c1-22(2,3)32-21(27)24-19(17-14-30-23(4,5)31-17)20(16(25)12-18(26)28-6)29-13-15-10-8-7-9-11-15/h7-11,17,19-20H,12-14H2,1-6H3,(H,24,27)/t17-,19+,20+/m1/s1. The van der Waals surface area contributed by atoms with E-state index in [9.17, 15) is 14.4 Å². The van der Waals surface area contributed by atoms with Gasteiger partial charge in [0, 0.05) is 0 Å². The van der Waals surface area contributed by atoms with Gasteiger partial charge in [-0.25, -0.2) is 4.79 Å². The summed E-state index contributed by atoms with van der Waals surface area (Å²) in [5, 5.41) is 2.70. The number of methoxy groups -OCH3 is 1. The van der Waals surface area contributed by atoms with Crippen molar-refractivity contribution in [3.8, 4) is 0 Å². The number of esters is 1. The lowest BCUT2D eigenvalue weighted by molar-refractivity contribution is -0.157. The van der Waals surface area contributed by atoms with Crippen LogP contribution in [0.5, 0.6) is 0 Å². The van der Waals surface area contributed by atoms with Gasteiger partial charge in [-0.05, 0) is 40.2 Å². The third-order valence-corrected chi connectivity index (χ3v) is 4.58. The minimum atomic E-state index is -1.20. The summed E-state index contributed by atoms with van der Waals surface area (Å²) in [6.45, 7) is 8.84. The Morgan fingerprint density at radius 3 is 2.38 bits per heavy atom. The molecule has 1 aliphatic rings. The molecule has 0 bridgehead atoms. The van der Waals surface area contributed by atoms with Crippen LogP contribution < -0.4 is 5.32 Å². The van der Waals surface area contributed by atoms with Gasteiger partial charge in [0.1, 0.15) is 24.2 Å². The second-order valence-electron chi connectivity index (χ2n) is 8.98. The zero-order valence-corrected chi connectivity index (χ0v) is 19.5. The van der Waals surface area contributed by atoms with Gasteiger partial charge in [0.05, 0.1) is 26.4 Å². The molecule has 1 fully saturated rings. The van der Waals surface area contributed by atoms with Crippen LogP contribution in [0.1, 0.15) is 46.6 Å². The molecule has 0 aromatic heterocycles. The number of hydrogen-bond acceptors (Lipinski definition) is 8. The molecule has 0 unspecified atom stereocenters.